The molecule has 1 aromatic rings. The van der Waals surface area contributed by atoms with Gasteiger partial charge in [-0.25, -0.2) is 4.79 Å². The number of anilines is 1. The summed E-state index contributed by atoms with van der Waals surface area (Å²) in [6.45, 7) is 10.4. The lowest BCUT2D eigenvalue weighted by Gasteiger charge is -2.41. The van der Waals surface area contributed by atoms with Crippen molar-refractivity contribution < 1.29 is 83.6 Å². The molecule has 1 heterocycles. The van der Waals surface area contributed by atoms with E-state index in [1.807, 2.05) is 6.92 Å². The van der Waals surface area contributed by atoms with E-state index in [9.17, 15) is 74.1 Å². The third-order valence-corrected chi connectivity index (χ3v) is 15.1. The number of hydrogen-bond donors (Lipinski definition) is 14. The van der Waals surface area contributed by atoms with Crippen molar-refractivity contribution in [3.05, 3.63) is 82.9 Å². The highest BCUT2D eigenvalue weighted by molar-refractivity contribution is 7.80. The van der Waals surface area contributed by atoms with Gasteiger partial charge in [0.05, 0.1) is 30.5 Å². The van der Waals surface area contributed by atoms with Crippen LogP contribution < -0.4 is 37.2 Å². The Balaban J connectivity index is 1.14. The van der Waals surface area contributed by atoms with Crippen molar-refractivity contribution >= 4 is 76.4 Å². The van der Waals surface area contributed by atoms with Crippen molar-refractivity contribution in [3.8, 4) is 0 Å². The fraction of sp³-hybridized carbons (Fsp3) is 0.554. The van der Waals surface area contributed by atoms with Gasteiger partial charge in [0.1, 0.15) is 35.4 Å². The number of nitrogens with one attached hydrogen (secondary N) is 7. The number of thiocarbonyl (C=S) groups is 1. The summed E-state index contributed by atoms with van der Waals surface area (Å²) in [5.74, 6) is -4.80. The molecule has 0 bridgehead atoms. The molecule has 1 aliphatic heterocycles. The molecule has 0 saturated heterocycles. The fourth-order valence-corrected chi connectivity index (χ4v) is 10.7. The van der Waals surface area contributed by atoms with Crippen LogP contribution in [0.1, 0.15) is 109 Å². The van der Waals surface area contributed by atoms with Gasteiger partial charge >= 0.3 is 5.97 Å². The lowest BCUT2D eigenvalue weighted by Crippen LogP contribution is -2.61. The van der Waals surface area contributed by atoms with E-state index in [1.54, 1.807) is 52.0 Å². The zero-order valence-electron chi connectivity index (χ0n) is 46.3. The first kappa shape index (κ1) is 64.8. The van der Waals surface area contributed by atoms with Crippen LogP contribution >= 0.6 is 12.2 Å². The minimum Gasteiger partial charge on any atom is -0.508 e. The van der Waals surface area contributed by atoms with Crippen LogP contribution in [0, 0.1) is 22.2 Å². The molecule has 81 heavy (non-hydrogen) atoms. The molecule has 0 radical (unpaired) electrons. The van der Waals surface area contributed by atoms with Crippen molar-refractivity contribution in [2.75, 3.05) is 44.6 Å². The maximum atomic E-state index is 14.0. The van der Waals surface area contributed by atoms with E-state index >= 15 is 0 Å². The molecule has 8 unspecified atom stereocenters. The smallest absolute Gasteiger partial charge is 0.336 e. The summed E-state index contributed by atoms with van der Waals surface area (Å²) in [4.78, 5) is 104. The normalized spacial score (nSPS) is 23.4. The number of aliphatic hydroxyl groups excluding tert-OH is 5. The van der Waals surface area contributed by atoms with E-state index in [4.69, 9.17) is 21.7 Å². The van der Waals surface area contributed by atoms with Gasteiger partial charge in [-0.3, -0.25) is 33.6 Å². The lowest BCUT2D eigenvalue weighted by molar-refractivity contribution is -0.173. The van der Waals surface area contributed by atoms with Crippen LogP contribution in [-0.4, -0.2) is 170 Å². The SMILES string of the molecule is CCC(C)(CC(C)(CC(C)(C)C(=O)NCCCNC(=O)C(CCOC=O)NC(=O)C1(O)CC(O)C(O)C(O)C1)C(=O)NCC(C)O)C(=O)NCCCNC(=S)Nc1ccc(C2=C3C=CC(=O)C=C3OC3C=C(O)C=CC23)c(C(=O)O)c1. The van der Waals surface area contributed by atoms with Crippen LogP contribution in [0.4, 0.5) is 5.69 Å². The summed E-state index contributed by atoms with van der Waals surface area (Å²) in [6.07, 6.45) is 2.09. The highest BCUT2D eigenvalue weighted by Gasteiger charge is 2.50. The summed E-state index contributed by atoms with van der Waals surface area (Å²) in [6, 6.07) is 3.43. The summed E-state index contributed by atoms with van der Waals surface area (Å²) >= 11 is 5.53. The Bertz CT molecular complexity index is 2710. The number of carbonyl (C=O) groups is 8. The van der Waals surface area contributed by atoms with Crippen LogP contribution in [-0.2, 0) is 43.0 Å². The van der Waals surface area contributed by atoms with Crippen molar-refractivity contribution in [1.29, 1.82) is 0 Å². The second-order valence-corrected chi connectivity index (χ2v) is 22.6. The highest BCUT2D eigenvalue weighted by atomic mass is 32.1. The minimum atomic E-state index is -2.32. The summed E-state index contributed by atoms with van der Waals surface area (Å²) in [7, 11) is 0. The van der Waals surface area contributed by atoms with Gasteiger partial charge < -0.3 is 82.4 Å². The number of carboxylic acid groups (broad SMARTS) is 1. The standard InChI is InChI=1S/C56H77N7O17S/c1-7-54(5,49(75)59-19-9-20-60-52(81)62-32-10-13-35(38(22-32)47(72)73)44-36-14-11-33(66)23-42(36)80-43-24-34(67)12-15-37(43)44)29-55(6,50(76)61-27-31(2)65)28-53(3,4)48(74)58-18-8-17-57-46(71)39(16-21-79-30-64)63-51(77)56(78)25-40(68)45(70)41(69)26-56/h10-15,22-24,30-31,36,39-42,45,65-66,68-70,78H,7-9,16-21,25-29H2,1-6H3,(H,57,71)(H,58,74)(H,59,75)(H,61,76)(H,63,77)(H,72,73)(H2,60,62,81). The predicted molar refractivity (Wildman–Crippen MR) is 298 cm³/mol. The van der Waals surface area contributed by atoms with Crippen LogP contribution in [0.5, 0.6) is 0 Å². The number of carbonyl (C=O) groups excluding carboxylic acids is 7. The Kier molecular flexibility index (Phi) is 22.5. The fourth-order valence-electron chi connectivity index (χ4n) is 10.5. The number of amides is 5. The number of benzene rings is 1. The number of hydrogen-bond acceptors (Lipinski definition) is 17. The average molecular weight is 1150 g/mol. The van der Waals surface area contributed by atoms with Gasteiger partial charge in [0, 0.05) is 91.5 Å². The number of allylic oxidation sites excluding steroid dienone is 4. The number of fused-ring (bicyclic) bond motifs is 2. The van der Waals surface area contributed by atoms with Gasteiger partial charge in [-0.1, -0.05) is 46.8 Å². The number of aliphatic hydroxyl groups is 6. The van der Waals surface area contributed by atoms with E-state index < -0.39 is 107 Å². The first-order valence-electron chi connectivity index (χ1n) is 26.9. The molecule has 0 aromatic heterocycles. The van der Waals surface area contributed by atoms with Crippen molar-refractivity contribution in [1.82, 2.24) is 31.9 Å². The molecule has 444 valence electrons. The van der Waals surface area contributed by atoms with E-state index in [-0.39, 0.29) is 98.8 Å². The second kappa shape index (κ2) is 28.1. The van der Waals surface area contributed by atoms with Crippen molar-refractivity contribution in [2.24, 2.45) is 22.2 Å². The largest absolute Gasteiger partial charge is 0.508 e. The van der Waals surface area contributed by atoms with Gasteiger partial charge in [0.25, 0.3) is 12.4 Å². The molecule has 4 aliphatic rings. The van der Waals surface area contributed by atoms with E-state index in [0.717, 1.165) is 0 Å². The predicted octanol–water partition coefficient (Wildman–Crippen LogP) is 0.985. The zero-order valence-corrected chi connectivity index (χ0v) is 47.2. The summed E-state index contributed by atoms with van der Waals surface area (Å²) in [5, 5.41) is 91.3. The summed E-state index contributed by atoms with van der Waals surface area (Å²) < 4.78 is 10.7. The first-order valence-corrected chi connectivity index (χ1v) is 27.3. The Morgan fingerprint density at radius 3 is 2.14 bits per heavy atom. The van der Waals surface area contributed by atoms with E-state index in [1.165, 1.54) is 37.3 Å². The van der Waals surface area contributed by atoms with Crippen LogP contribution in [0.25, 0.3) is 5.57 Å². The molecule has 5 rings (SSSR count). The average Bonchev–Trinajstić information content (AvgIpc) is 3.39. The topological polar surface area (TPSA) is 381 Å². The summed E-state index contributed by atoms with van der Waals surface area (Å²) in [5.41, 5.74) is -4.10. The molecular weight excluding hydrogens is 1070 g/mol. The van der Waals surface area contributed by atoms with Crippen molar-refractivity contribution in [3.63, 3.8) is 0 Å². The number of ketones is 1. The molecule has 25 heteroatoms. The first-order chi connectivity index (χ1) is 38.1. The third-order valence-electron chi connectivity index (χ3n) is 14.8. The van der Waals surface area contributed by atoms with Gasteiger partial charge in [-0.05, 0) is 98.8 Å². The number of aromatic carboxylic acids is 1. The monoisotopic (exact) mass is 1150 g/mol. The van der Waals surface area contributed by atoms with Crippen LogP contribution in [0.2, 0.25) is 0 Å². The van der Waals surface area contributed by atoms with Crippen molar-refractivity contribution in [2.45, 2.75) is 135 Å². The molecular formula is C56H77N7O17S. The number of rotatable bonds is 28. The van der Waals surface area contributed by atoms with Crippen LogP contribution in [0.3, 0.4) is 0 Å². The maximum Gasteiger partial charge on any atom is 0.336 e. The lowest BCUT2D eigenvalue weighted by atomic mass is 9.64. The minimum absolute atomic E-state index is 0.00602. The Labute approximate surface area is 474 Å². The zero-order chi connectivity index (χ0) is 60.0. The van der Waals surface area contributed by atoms with Gasteiger partial charge in [-0.15, -0.1) is 0 Å². The molecule has 24 nitrogen and oxygen atoms in total. The molecule has 5 amide bonds. The molecule has 0 spiro atoms. The Hall–Kier alpha value is -7.03. The van der Waals surface area contributed by atoms with Gasteiger partial charge in [-0.2, -0.15) is 0 Å². The Morgan fingerprint density at radius 2 is 1.51 bits per heavy atom. The Morgan fingerprint density at radius 1 is 0.877 bits per heavy atom. The number of ether oxygens (including phenoxy) is 2. The molecule has 3 aliphatic carbocycles. The molecule has 1 fully saturated rings. The van der Waals surface area contributed by atoms with E-state index in [0.29, 0.717) is 41.8 Å². The number of carboxylic acids is 1. The maximum absolute atomic E-state index is 14.0. The van der Waals surface area contributed by atoms with E-state index in [2.05, 4.69) is 37.2 Å². The molecule has 14 N–H and O–H groups in total. The third kappa shape index (κ3) is 17.0. The van der Waals surface area contributed by atoms with Gasteiger partial charge in [0.15, 0.2) is 10.9 Å². The van der Waals surface area contributed by atoms with Crippen LogP contribution in [0.15, 0.2) is 71.7 Å². The highest BCUT2D eigenvalue weighted by Crippen LogP contribution is 2.46. The molecule has 8 atom stereocenters. The molecule has 1 saturated carbocycles. The second-order valence-electron chi connectivity index (χ2n) is 22.2. The molecule has 1 aromatic carbocycles. The van der Waals surface area contributed by atoms with Gasteiger partial charge in [0.2, 0.25) is 23.6 Å². The quantitative estimate of drug-likeness (QED) is 0.0316.